The minimum absolute atomic E-state index is 0.0344. The Morgan fingerprint density at radius 1 is 0.506 bits per heavy atom. The first-order valence-electron chi connectivity index (χ1n) is 31.0. The molecule has 0 saturated heterocycles. The summed E-state index contributed by atoms with van der Waals surface area (Å²) in [7, 11) is 3.54. The number of carboxylic acids is 2. The van der Waals surface area contributed by atoms with Crippen molar-refractivity contribution in [2.75, 3.05) is 0 Å². The predicted molar refractivity (Wildman–Crippen MR) is 310 cm³/mol. The molecule has 20 heteroatoms. The van der Waals surface area contributed by atoms with Crippen LogP contribution in [-0.2, 0) is 74.9 Å². The summed E-state index contributed by atoms with van der Waals surface area (Å²) in [6.07, 6.45) is 28.1. The highest BCUT2D eigenvalue weighted by molar-refractivity contribution is 6.40. The van der Waals surface area contributed by atoms with E-state index in [0.717, 1.165) is 109 Å². The number of hydrogen-bond donors (Lipinski definition) is 6. The van der Waals surface area contributed by atoms with Crippen molar-refractivity contribution in [3.8, 4) is 0 Å². The van der Waals surface area contributed by atoms with Gasteiger partial charge in [0.15, 0.2) is 17.3 Å². The average molecular weight is 1160 g/mol. The summed E-state index contributed by atoms with van der Waals surface area (Å²) in [4.78, 5) is 120. The third-order valence-corrected chi connectivity index (χ3v) is 18.7. The van der Waals surface area contributed by atoms with E-state index in [1.807, 2.05) is 6.92 Å². The molecule has 6 fully saturated rings. The van der Waals surface area contributed by atoms with Crippen LogP contribution in [0.1, 0.15) is 219 Å². The Balaban J connectivity index is 0.000000218. The average Bonchev–Trinajstić information content (AvgIpc) is 3.19. The lowest BCUT2D eigenvalue weighted by Gasteiger charge is -2.45. The molecule has 2 aromatic rings. The molecule has 83 heavy (non-hydrogen) atoms. The van der Waals surface area contributed by atoms with E-state index in [0.29, 0.717) is 43.0 Å². The Kier molecular flexibility index (Phi) is 26.9. The van der Waals surface area contributed by atoms with E-state index in [-0.39, 0.29) is 84.4 Å². The van der Waals surface area contributed by atoms with Gasteiger partial charge in [0.25, 0.3) is 0 Å². The highest BCUT2D eigenvalue weighted by atomic mass is 16.4. The molecule has 6 N–H and O–H groups in total. The van der Waals surface area contributed by atoms with E-state index in [4.69, 9.17) is 10.2 Å². The molecule has 20 nitrogen and oxygen atoms in total. The molecule has 0 spiro atoms. The SMILES string of the molecule is CC(=O)N[C@H](C(=O)CC1(C(=O)C(=O)Cc2ccn(C)n2)CCC1)C1CCCCC1.CC(=O)N[C@H](C(=O)CC1(C(O)C(=O)Cc2ccn(C)n2)CCC1)C1CCCCC1.CC(=O)N[C@H](C(=O)O)C1CCCCC1.C[C@H](C(=O)O)C1CCCCC1. The predicted octanol–water partition coefficient (Wildman–Crippen LogP) is 7.87. The molecular formula is C63H97N7O13. The Morgan fingerprint density at radius 3 is 1.22 bits per heavy atom. The summed E-state index contributed by atoms with van der Waals surface area (Å²) in [6.45, 7) is 6.05. The summed E-state index contributed by atoms with van der Waals surface area (Å²) in [5.41, 5.74) is -0.413. The number of aliphatic hydroxyl groups excluding tert-OH is 1. The zero-order chi connectivity index (χ0) is 60.9. The van der Waals surface area contributed by atoms with Gasteiger partial charge >= 0.3 is 11.9 Å². The molecule has 6 saturated carbocycles. The zero-order valence-corrected chi connectivity index (χ0v) is 50.4. The number of aromatic nitrogens is 4. The third kappa shape index (κ3) is 20.7. The molecule has 0 radical (unpaired) electrons. The maximum atomic E-state index is 13.2. The number of nitrogens with one attached hydrogen (secondary N) is 3. The summed E-state index contributed by atoms with van der Waals surface area (Å²) in [5.74, 6) is -2.90. The Bertz CT molecular complexity index is 2500. The van der Waals surface area contributed by atoms with Crippen molar-refractivity contribution >= 4 is 58.6 Å². The quantitative estimate of drug-likeness (QED) is 0.0577. The fraction of sp³-hybridized carbons (Fsp3) is 0.746. The fourth-order valence-corrected chi connectivity index (χ4v) is 13.6. The van der Waals surface area contributed by atoms with E-state index in [1.165, 1.54) is 52.9 Å². The van der Waals surface area contributed by atoms with Gasteiger partial charge in [-0.25, -0.2) is 4.79 Å². The van der Waals surface area contributed by atoms with E-state index < -0.39 is 58.6 Å². The number of ketones is 5. The number of nitrogens with zero attached hydrogens (tertiary/aromatic N) is 4. The van der Waals surface area contributed by atoms with Gasteiger partial charge in [0.05, 0.1) is 42.2 Å². The van der Waals surface area contributed by atoms with Gasteiger partial charge in [-0.05, 0) is 113 Å². The molecule has 5 atom stereocenters. The molecule has 6 aliphatic rings. The second kappa shape index (κ2) is 33.0. The first-order valence-corrected chi connectivity index (χ1v) is 31.0. The Morgan fingerprint density at radius 2 is 0.880 bits per heavy atom. The number of aliphatic hydroxyl groups is 1. The number of aryl methyl sites for hydroxylation is 2. The molecule has 0 aromatic carbocycles. The smallest absolute Gasteiger partial charge is 0.326 e. The van der Waals surface area contributed by atoms with Crippen LogP contribution in [0.5, 0.6) is 0 Å². The summed E-state index contributed by atoms with van der Waals surface area (Å²) in [6, 6.07) is 1.74. The van der Waals surface area contributed by atoms with Crippen molar-refractivity contribution < 1.29 is 63.3 Å². The molecular weight excluding hydrogens is 1060 g/mol. The van der Waals surface area contributed by atoms with Gasteiger partial charge < -0.3 is 31.3 Å². The number of aliphatic carboxylic acids is 2. The van der Waals surface area contributed by atoms with Gasteiger partial charge in [-0.2, -0.15) is 10.2 Å². The number of rotatable bonds is 23. The molecule has 2 heterocycles. The van der Waals surface area contributed by atoms with Crippen molar-refractivity contribution in [3.63, 3.8) is 0 Å². The summed E-state index contributed by atoms with van der Waals surface area (Å²) < 4.78 is 3.22. The van der Waals surface area contributed by atoms with Crippen molar-refractivity contribution in [2.24, 2.45) is 54.5 Å². The number of Topliss-reactive ketones (excluding diaryl/α,β-unsaturated/α-hetero) is 5. The van der Waals surface area contributed by atoms with Crippen LogP contribution >= 0.6 is 0 Å². The molecule has 8 rings (SSSR count). The van der Waals surface area contributed by atoms with Crippen LogP contribution in [0, 0.1) is 40.4 Å². The fourth-order valence-electron chi connectivity index (χ4n) is 13.6. The minimum atomic E-state index is -1.17. The second-order valence-electron chi connectivity index (χ2n) is 25.2. The minimum Gasteiger partial charge on any atom is -0.481 e. The van der Waals surface area contributed by atoms with Crippen molar-refractivity contribution in [1.29, 1.82) is 0 Å². The lowest BCUT2D eigenvalue weighted by Crippen LogP contribution is -2.52. The highest BCUT2D eigenvalue weighted by Crippen LogP contribution is 2.49. The number of carbonyl (C=O) groups excluding carboxylic acids is 8. The second-order valence-corrected chi connectivity index (χ2v) is 25.2. The molecule has 462 valence electrons. The van der Waals surface area contributed by atoms with Gasteiger partial charge in [-0.15, -0.1) is 0 Å². The molecule has 1 unspecified atom stereocenters. The van der Waals surface area contributed by atoms with Gasteiger partial charge in [0, 0.05) is 70.9 Å². The van der Waals surface area contributed by atoms with Crippen LogP contribution in [0.4, 0.5) is 0 Å². The molecule has 6 aliphatic carbocycles. The molecule has 3 amide bonds. The van der Waals surface area contributed by atoms with Crippen LogP contribution in [0.15, 0.2) is 24.5 Å². The standard InChI is InChI=1S/C22H33N3O4.C22H31N3O4.C10H17NO3.C9H16O2/c2*1-15(26)23-20(16-7-4-3-5-8-16)19(28)14-22(10-6-11-22)21(29)18(27)13-17-9-12-25(2)24-17;1-7(12)11-9(10(13)14)8-5-3-2-4-6-8;1-7(9(10)11)8-5-3-2-4-6-8/h9,12,16,20-21,29H,3-8,10-11,13-14H2,1-2H3,(H,23,26);9,12,16,20H,3-8,10-11,13-14H2,1-2H3,(H,23,26);8-9H,2-6H2,1H3,(H,11,12)(H,13,14);7-8H,2-6H2,1H3,(H,10,11)/t20-,21?;20-;9-;7-/m0000/s1. The zero-order valence-electron chi connectivity index (χ0n) is 50.4. The summed E-state index contributed by atoms with van der Waals surface area (Å²) >= 11 is 0. The lowest BCUT2D eigenvalue weighted by atomic mass is 9.60. The van der Waals surface area contributed by atoms with E-state index >= 15 is 0 Å². The van der Waals surface area contributed by atoms with Crippen LogP contribution in [0.25, 0.3) is 0 Å². The van der Waals surface area contributed by atoms with Crippen LogP contribution < -0.4 is 16.0 Å². The third-order valence-electron chi connectivity index (χ3n) is 18.7. The van der Waals surface area contributed by atoms with Crippen LogP contribution in [0.3, 0.4) is 0 Å². The first-order chi connectivity index (χ1) is 39.4. The topological polar surface area (TPSA) is 303 Å². The maximum absolute atomic E-state index is 13.2. The van der Waals surface area contributed by atoms with Crippen LogP contribution in [-0.4, -0.2) is 118 Å². The largest absolute Gasteiger partial charge is 0.481 e. The number of carboxylic acid groups (broad SMARTS) is 2. The van der Waals surface area contributed by atoms with Crippen molar-refractivity contribution in [3.05, 3.63) is 35.9 Å². The van der Waals surface area contributed by atoms with Crippen molar-refractivity contribution in [1.82, 2.24) is 35.5 Å². The van der Waals surface area contributed by atoms with Crippen molar-refractivity contribution in [2.45, 2.75) is 245 Å². The molecule has 0 bridgehead atoms. The van der Waals surface area contributed by atoms with Crippen LogP contribution in [0.2, 0.25) is 0 Å². The van der Waals surface area contributed by atoms with Gasteiger partial charge in [-0.3, -0.25) is 52.5 Å². The Labute approximate surface area is 490 Å². The molecule has 2 aromatic heterocycles. The van der Waals surface area contributed by atoms with Gasteiger partial charge in [0.2, 0.25) is 29.3 Å². The maximum Gasteiger partial charge on any atom is 0.326 e. The van der Waals surface area contributed by atoms with E-state index in [1.54, 1.807) is 48.0 Å². The number of amides is 3. The Hall–Kier alpha value is -5.92. The van der Waals surface area contributed by atoms with E-state index in [2.05, 4.69) is 26.1 Å². The number of carbonyl (C=O) groups is 10. The monoisotopic (exact) mass is 1160 g/mol. The highest BCUT2D eigenvalue weighted by Gasteiger charge is 2.51. The first kappa shape index (κ1) is 67.9. The van der Waals surface area contributed by atoms with E-state index in [9.17, 15) is 53.1 Å². The number of hydrogen-bond acceptors (Lipinski definition) is 13. The normalized spacial score (nSPS) is 20.7. The van der Waals surface area contributed by atoms with Gasteiger partial charge in [-0.1, -0.05) is 96.8 Å². The molecule has 0 aliphatic heterocycles. The van der Waals surface area contributed by atoms with Gasteiger partial charge in [0.1, 0.15) is 12.1 Å². The summed E-state index contributed by atoms with van der Waals surface area (Å²) in [5, 5.41) is 45.1. The lowest BCUT2D eigenvalue weighted by molar-refractivity contribution is -0.148.